The molecule has 0 N–H and O–H groups in total. The second-order valence-electron chi connectivity index (χ2n) is 1.57. The van der Waals surface area contributed by atoms with Crippen molar-refractivity contribution in [3.63, 3.8) is 0 Å². The van der Waals surface area contributed by atoms with E-state index in [4.69, 9.17) is 0 Å². The Labute approximate surface area is 47.5 Å². The molecule has 4 nitrogen and oxygen atoms in total. The maximum absolute atomic E-state index is 3.74. The van der Waals surface area contributed by atoms with Gasteiger partial charge in [-0.25, -0.2) is 4.68 Å². The molecule has 0 unspecified atom stereocenters. The van der Waals surface area contributed by atoms with Crippen molar-refractivity contribution in [1.82, 2.24) is 20.2 Å². The van der Waals surface area contributed by atoms with Crippen molar-refractivity contribution >= 4 is 0 Å². The van der Waals surface area contributed by atoms with Crippen molar-refractivity contribution in [2.75, 3.05) is 0 Å². The third-order valence-corrected chi connectivity index (χ3v) is 1.02. The summed E-state index contributed by atoms with van der Waals surface area (Å²) in [4.78, 5) is 0. The summed E-state index contributed by atoms with van der Waals surface area (Å²) in [5.41, 5.74) is 0. The van der Waals surface area contributed by atoms with Crippen LogP contribution in [-0.2, 0) is 13.5 Å². The van der Waals surface area contributed by atoms with Gasteiger partial charge in [-0.15, -0.1) is 5.10 Å². The highest BCUT2D eigenvalue weighted by atomic mass is 15.5. The summed E-state index contributed by atoms with van der Waals surface area (Å²) in [6.45, 7) is 2.02. The first-order valence-electron chi connectivity index (χ1n) is 2.56. The molecule has 0 aliphatic rings. The van der Waals surface area contributed by atoms with Crippen molar-refractivity contribution in [3.8, 4) is 0 Å². The first kappa shape index (κ1) is 5.21. The lowest BCUT2D eigenvalue weighted by Gasteiger charge is -1.87. The molecule has 0 aliphatic carbocycles. The van der Waals surface area contributed by atoms with Crippen molar-refractivity contribution in [2.45, 2.75) is 13.3 Å². The van der Waals surface area contributed by atoms with Crippen molar-refractivity contribution in [2.24, 2.45) is 7.05 Å². The van der Waals surface area contributed by atoms with Crippen LogP contribution >= 0.6 is 0 Å². The van der Waals surface area contributed by atoms with Crippen LogP contribution in [-0.4, -0.2) is 20.2 Å². The number of nitrogens with zero attached hydrogens (tertiary/aromatic N) is 4. The molecule has 0 spiro atoms. The van der Waals surface area contributed by atoms with Gasteiger partial charge >= 0.3 is 0 Å². The second-order valence-corrected chi connectivity index (χ2v) is 1.57. The van der Waals surface area contributed by atoms with E-state index in [1.165, 1.54) is 0 Å². The van der Waals surface area contributed by atoms with Crippen LogP contribution in [0.1, 0.15) is 12.7 Å². The first-order chi connectivity index (χ1) is 3.84. The summed E-state index contributed by atoms with van der Waals surface area (Å²) in [6, 6.07) is 0. The molecule has 0 atom stereocenters. The van der Waals surface area contributed by atoms with Gasteiger partial charge in [0.2, 0.25) is 0 Å². The fraction of sp³-hybridized carbons (Fsp3) is 0.750. The molecule has 0 aliphatic heterocycles. The van der Waals surface area contributed by atoms with E-state index in [2.05, 4.69) is 15.5 Å². The van der Waals surface area contributed by atoms with Gasteiger partial charge in [-0.1, -0.05) is 6.92 Å². The Hall–Kier alpha value is -0.930. The summed E-state index contributed by atoms with van der Waals surface area (Å²) >= 11 is 0. The molecule has 8 heavy (non-hydrogen) atoms. The number of hydrogen-bond donors (Lipinski definition) is 0. The van der Waals surface area contributed by atoms with E-state index in [0.717, 1.165) is 12.2 Å². The van der Waals surface area contributed by atoms with Gasteiger partial charge in [-0.3, -0.25) is 0 Å². The largest absolute Gasteiger partial charge is 0.233 e. The van der Waals surface area contributed by atoms with E-state index in [0.29, 0.717) is 0 Å². The Bertz CT molecular complexity index is 168. The number of hydrogen-bond acceptors (Lipinski definition) is 3. The maximum Gasteiger partial charge on any atom is 0.150 e. The minimum absolute atomic E-state index is 0.892. The number of aryl methyl sites for hydroxylation is 2. The molecular formula is C4H8N4. The maximum atomic E-state index is 3.74. The molecule has 0 radical (unpaired) electrons. The van der Waals surface area contributed by atoms with E-state index in [1.54, 1.807) is 4.68 Å². The Morgan fingerprint density at radius 1 is 1.62 bits per heavy atom. The van der Waals surface area contributed by atoms with Crippen LogP contribution in [0.4, 0.5) is 0 Å². The zero-order valence-corrected chi connectivity index (χ0v) is 5.00. The smallest absolute Gasteiger partial charge is 0.150 e. The van der Waals surface area contributed by atoms with Crippen molar-refractivity contribution in [1.29, 1.82) is 0 Å². The fourth-order valence-electron chi connectivity index (χ4n) is 0.548. The highest BCUT2D eigenvalue weighted by Crippen LogP contribution is 1.85. The molecule has 0 bridgehead atoms. The Morgan fingerprint density at radius 2 is 2.38 bits per heavy atom. The standard InChI is InChI=1S/C4H8N4/c1-3-4-5-6-7-8(4)2/h3H2,1-2H3. The number of aromatic nitrogens is 4. The van der Waals surface area contributed by atoms with Gasteiger partial charge in [0.1, 0.15) is 0 Å². The van der Waals surface area contributed by atoms with Crippen LogP contribution in [0.2, 0.25) is 0 Å². The SMILES string of the molecule is CCc1nnnn1C. The van der Waals surface area contributed by atoms with Gasteiger partial charge < -0.3 is 0 Å². The predicted octanol–water partition coefficient (Wildman–Crippen LogP) is -0.228. The average Bonchev–Trinajstić information content (AvgIpc) is 2.14. The topological polar surface area (TPSA) is 43.6 Å². The molecule has 1 aromatic heterocycles. The van der Waals surface area contributed by atoms with Crippen LogP contribution in [0.5, 0.6) is 0 Å². The molecule has 0 fully saturated rings. The number of rotatable bonds is 1. The summed E-state index contributed by atoms with van der Waals surface area (Å²) in [5.74, 6) is 0.921. The van der Waals surface area contributed by atoms with Crippen LogP contribution in [0.3, 0.4) is 0 Å². The zero-order chi connectivity index (χ0) is 5.98. The summed E-state index contributed by atoms with van der Waals surface area (Å²) in [6.07, 6.45) is 0.892. The number of tetrazole rings is 1. The van der Waals surface area contributed by atoms with E-state index in [1.807, 2.05) is 14.0 Å². The zero-order valence-electron chi connectivity index (χ0n) is 5.00. The average molecular weight is 112 g/mol. The fourth-order valence-corrected chi connectivity index (χ4v) is 0.548. The third kappa shape index (κ3) is 0.685. The molecule has 1 heterocycles. The highest BCUT2D eigenvalue weighted by Gasteiger charge is 1.94. The third-order valence-electron chi connectivity index (χ3n) is 1.02. The Morgan fingerprint density at radius 3 is 2.62 bits per heavy atom. The monoisotopic (exact) mass is 112 g/mol. The molecular weight excluding hydrogens is 104 g/mol. The first-order valence-corrected chi connectivity index (χ1v) is 2.56. The second kappa shape index (κ2) is 1.90. The summed E-state index contributed by atoms with van der Waals surface area (Å²) in [7, 11) is 1.83. The Balaban J connectivity index is 2.92. The lowest BCUT2D eigenvalue weighted by molar-refractivity contribution is 0.682. The molecule has 0 aromatic carbocycles. The molecule has 1 aromatic rings. The van der Waals surface area contributed by atoms with Crippen molar-refractivity contribution in [3.05, 3.63) is 5.82 Å². The van der Waals surface area contributed by atoms with E-state index in [-0.39, 0.29) is 0 Å². The van der Waals surface area contributed by atoms with Crippen LogP contribution in [0.15, 0.2) is 0 Å². The minimum Gasteiger partial charge on any atom is -0.233 e. The highest BCUT2D eigenvalue weighted by molar-refractivity contribution is 4.75. The van der Waals surface area contributed by atoms with Gasteiger partial charge in [0.05, 0.1) is 0 Å². The van der Waals surface area contributed by atoms with Gasteiger partial charge in [0, 0.05) is 13.5 Å². The van der Waals surface area contributed by atoms with Crippen molar-refractivity contribution < 1.29 is 0 Å². The summed E-state index contributed by atoms with van der Waals surface area (Å²) < 4.78 is 1.67. The quantitative estimate of drug-likeness (QED) is 0.504. The lowest BCUT2D eigenvalue weighted by Crippen LogP contribution is -1.96. The minimum atomic E-state index is 0.892. The van der Waals surface area contributed by atoms with Gasteiger partial charge in [0.25, 0.3) is 0 Å². The van der Waals surface area contributed by atoms with Crippen LogP contribution < -0.4 is 0 Å². The van der Waals surface area contributed by atoms with Crippen LogP contribution in [0.25, 0.3) is 0 Å². The molecule has 44 valence electrons. The molecule has 4 heteroatoms. The van der Waals surface area contributed by atoms with E-state index in [9.17, 15) is 0 Å². The molecule has 0 amide bonds. The van der Waals surface area contributed by atoms with Crippen LogP contribution in [0, 0.1) is 0 Å². The van der Waals surface area contributed by atoms with Gasteiger partial charge in [-0.2, -0.15) is 0 Å². The molecule has 0 saturated heterocycles. The van der Waals surface area contributed by atoms with Gasteiger partial charge in [-0.05, 0) is 10.4 Å². The van der Waals surface area contributed by atoms with E-state index >= 15 is 0 Å². The van der Waals surface area contributed by atoms with Gasteiger partial charge in [0.15, 0.2) is 5.82 Å². The lowest BCUT2D eigenvalue weighted by atomic mass is 10.5. The normalized spacial score (nSPS) is 9.75. The van der Waals surface area contributed by atoms with E-state index < -0.39 is 0 Å². The Kier molecular flexibility index (Phi) is 1.24. The molecule has 1 rings (SSSR count). The summed E-state index contributed by atoms with van der Waals surface area (Å²) in [5, 5.41) is 10.8. The molecule has 0 saturated carbocycles. The predicted molar refractivity (Wildman–Crippen MR) is 28.2 cm³/mol.